The van der Waals surface area contributed by atoms with Crippen molar-refractivity contribution in [1.29, 1.82) is 0 Å². The van der Waals surface area contributed by atoms with E-state index in [1.54, 1.807) is 12.1 Å². The molecule has 128 valence electrons. The molecule has 1 heterocycles. The molecule has 1 aliphatic heterocycles. The number of amides is 1. The average Bonchev–Trinajstić information content (AvgIpc) is 2.81. The van der Waals surface area contributed by atoms with Gasteiger partial charge in [0.25, 0.3) is 5.91 Å². The third-order valence-corrected chi connectivity index (χ3v) is 4.32. The SMILES string of the molecule is O=C(COc1ccc(Cl)c(Cl)c1)NC[C@@H]1N[C@H](CO)[C@H](O)[C@@H]1O. The van der Waals surface area contributed by atoms with Crippen LogP contribution in [0, 0.1) is 0 Å². The number of benzene rings is 1. The average molecular weight is 365 g/mol. The molecule has 23 heavy (non-hydrogen) atoms. The fourth-order valence-corrected chi connectivity index (χ4v) is 2.57. The first-order chi connectivity index (χ1) is 10.9. The predicted molar refractivity (Wildman–Crippen MR) is 84.8 cm³/mol. The van der Waals surface area contributed by atoms with E-state index >= 15 is 0 Å². The van der Waals surface area contributed by atoms with E-state index in [0.717, 1.165) is 0 Å². The van der Waals surface area contributed by atoms with Gasteiger partial charge in [-0.3, -0.25) is 4.79 Å². The molecular weight excluding hydrogens is 347 g/mol. The minimum atomic E-state index is -1.07. The second-order valence-corrected chi connectivity index (χ2v) is 6.03. The van der Waals surface area contributed by atoms with E-state index in [9.17, 15) is 15.0 Å². The molecule has 0 aliphatic carbocycles. The molecule has 1 aromatic rings. The number of carbonyl (C=O) groups is 1. The van der Waals surface area contributed by atoms with Crippen LogP contribution >= 0.6 is 23.2 Å². The van der Waals surface area contributed by atoms with Gasteiger partial charge >= 0.3 is 0 Å². The van der Waals surface area contributed by atoms with Gasteiger partial charge in [-0.1, -0.05) is 23.2 Å². The molecule has 1 fully saturated rings. The van der Waals surface area contributed by atoms with Gasteiger partial charge in [-0.2, -0.15) is 0 Å². The summed E-state index contributed by atoms with van der Waals surface area (Å²) in [5, 5.41) is 34.6. The Kier molecular flexibility index (Phi) is 6.46. The zero-order valence-corrected chi connectivity index (χ0v) is 13.6. The summed E-state index contributed by atoms with van der Waals surface area (Å²) in [5.41, 5.74) is 0. The highest BCUT2D eigenvalue weighted by Crippen LogP contribution is 2.26. The smallest absolute Gasteiger partial charge is 0.257 e. The number of ether oxygens (including phenoxy) is 1. The summed E-state index contributed by atoms with van der Waals surface area (Å²) < 4.78 is 5.28. The van der Waals surface area contributed by atoms with Crippen LogP contribution in [0.5, 0.6) is 5.75 Å². The van der Waals surface area contributed by atoms with Crippen LogP contribution in [0.2, 0.25) is 10.0 Å². The molecule has 2 rings (SSSR count). The number of halogens is 2. The van der Waals surface area contributed by atoms with Gasteiger partial charge in [0, 0.05) is 12.6 Å². The summed E-state index contributed by atoms with van der Waals surface area (Å²) in [5.74, 6) is 0.0105. The molecule has 1 amide bonds. The molecule has 0 bridgehead atoms. The zero-order valence-electron chi connectivity index (χ0n) is 12.1. The molecule has 5 N–H and O–H groups in total. The zero-order chi connectivity index (χ0) is 17.0. The van der Waals surface area contributed by atoms with Crippen molar-refractivity contribution in [3.8, 4) is 5.75 Å². The summed E-state index contributed by atoms with van der Waals surface area (Å²) in [7, 11) is 0. The molecule has 0 unspecified atom stereocenters. The minimum Gasteiger partial charge on any atom is -0.484 e. The van der Waals surface area contributed by atoms with Crippen LogP contribution in [0.25, 0.3) is 0 Å². The topological polar surface area (TPSA) is 111 Å². The van der Waals surface area contributed by atoms with Crippen molar-refractivity contribution in [2.24, 2.45) is 0 Å². The maximum atomic E-state index is 11.7. The van der Waals surface area contributed by atoms with Crippen LogP contribution in [-0.4, -0.2) is 65.3 Å². The summed E-state index contributed by atoms with van der Waals surface area (Å²) in [6.45, 7) is -0.436. The molecule has 0 radical (unpaired) electrons. The lowest BCUT2D eigenvalue weighted by molar-refractivity contribution is -0.123. The monoisotopic (exact) mass is 364 g/mol. The summed E-state index contributed by atoms with van der Waals surface area (Å²) >= 11 is 11.6. The van der Waals surface area contributed by atoms with Crippen molar-refractivity contribution in [1.82, 2.24) is 10.6 Å². The molecule has 0 saturated carbocycles. The molecule has 1 aromatic carbocycles. The van der Waals surface area contributed by atoms with Crippen molar-refractivity contribution >= 4 is 29.1 Å². The molecule has 1 saturated heterocycles. The first-order valence-corrected chi connectivity index (χ1v) is 7.75. The summed E-state index contributed by atoms with van der Waals surface area (Å²) in [6.07, 6.45) is -2.14. The third-order valence-electron chi connectivity index (χ3n) is 3.58. The van der Waals surface area contributed by atoms with Gasteiger partial charge in [0.05, 0.1) is 40.9 Å². The molecule has 7 nitrogen and oxygen atoms in total. The Morgan fingerprint density at radius 3 is 2.52 bits per heavy atom. The molecule has 0 aromatic heterocycles. The van der Waals surface area contributed by atoms with E-state index in [1.165, 1.54) is 6.07 Å². The number of aliphatic hydroxyl groups excluding tert-OH is 3. The van der Waals surface area contributed by atoms with Crippen LogP contribution in [-0.2, 0) is 4.79 Å². The van der Waals surface area contributed by atoms with Gasteiger partial charge < -0.3 is 30.7 Å². The number of aliphatic hydroxyl groups is 3. The second kappa shape index (κ2) is 8.14. The Balaban J connectivity index is 1.76. The van der Waals surface area contributed by atoms with Crippen LogP contribution in [0.4, 0.5) is 0 Å². The molecule has 1 aliphatic rings. The van der Waals surface area contributed by atoms with E-state index in [1.807, 2.05) is 0 Å². The molecule has 4 atom stereocenters. The lowest BCUT2D eigenvalue weighted by Crippen LogP contribution is -2.45. The number of carbonyl (C=O) groups excluding carboxylic acids is 1. The Morgan fingerprint density at radius 2 is 1.91 bits per heavy atom. The van der Waals surface area contributed by atoms with E-state index in [-0.39, 0.29) is 19.8 Å². The highest BCUT2D eigenvalue weighted by Gasteiger charge is 2.40. The lowest BCUT2D eigenvalue weighted by atomic mass is 10.1. The normalized spacial score (nSPS) is 27.0. The highest BCUT2D eigenvalue weighted by molar-refractivity contribution is 6.42. The van der Waals surface area contributed by atoms with Gasteiger partial charge in [0.2, 0.25) is 0 Å². The predicted octanol–water partition coefficient (Wildman–Crippen LogP) is -0.457. The quantitative estimate of drug-likeness (QED) is 0.467. The Morgan fingerprint density at radius 1 is 1.22 bits per heavy atom. The van der Waals surface area contributed by atoms with Crippen LogP contribution in [0.1, 0.15) is 0 Å². The van der Waals surface area contributed by atoms with Crippen molar-refractivity contribution < 1.29 is 24.9 Å². The van der Waals surface area contributed by atoms with Gasteiger partial charge in [0.15, 0.2) is 6.61 Å². The Hall–Kier alpha value is -1.09. The van der Waals surface area contributed by atoms with Crippen molar-refractivity contribution in [2.45, 2.75) is 24.3 Å². The standard InChI is InChI=1S/C14H18Cl2N2O5/c15-8-2-1-7(3-9(8)16)23-6-12(20)17-4-10-13(21)14(22)11(5-19)18-10/h1-3,10-11,13-14,18-19,21-22H,4-6H2,(H,17,20)/t10-,11+,13+,14-/m0/s1. The van der Waals surface area contributed by atoms with Crippen molar-refractivity contribution in [2.75, 3.05) is 19.8 Å². The molecule has 9 heteroatoms. The first-order valence-electron chi connectivity index (χ1n) is 7.00. The molecule has 0 spiro atoms. The van der Waals surface area contributed by atoms with Crippen LogP contribution in [0.15, 0.2) is 18.2 Å². The maximum Gasteiger partial charge on any atom is 0.257 e. The fraction of sp³-hybridized carbons (Fsp3) is 0.500. The van der Waals surface area contributed by atoms with Crippen molar-refractivity contribution in [3.63, 3.8) is 0 Å². The Labute approximate surface area is 143 Å². The number of nitrogens with one attached hydrogen (secondary N) is 2. The second-order valence-electron chi connectivity index (χ2n) is 5.21. The maximum absolute atomic E-state index is 11.7. The lowest BCUT2D eigenvalue weighted by Gasteiger charge is -2.16. The van der Waals surface area contributed by atoms with E-state index < -0.39 is 30.2 Å². The highest BCUT2D eigenvalue weighted by atomic mass is 35.5. The van der Waals surface area contributed by atoms with E-state index in [0.29, 0.717) is 15.8 Å². The number of hydrogen-bond donors (Lipinski definition) is 5. The third kappa shape index (κ3) is 4.69. The number of hydrogen-bond acceptors (Lipinski definition) is 6. The van der Waals surface area contributed by atoms with E-state index in [4.69, 9.17) is 33.0 Å². The van der Waals surface area contributed by atoms with Gasteiger partial charge in [-0.05, 0) is 12.1 Å². The molecular formula is C14H18Cl2N2O5. The minimum absolute atomic E-state index is 0.0955. The summed E-state index contributed by atoms with van der Waals surface area (Å²) in [4.78, 5) is 11.7. The van der Waals surface area contributed by atoms with Gasteiger partial charge in [-0.15, -0.1) is 0 Å². The largest absolute Gasteiger partial charge is 0.484 e. The van der Waals surface area contributed by atoms with Gasteiger partial charge in [0.1, 0.15) is 5.75 Å². The van der Waals surface area contributed by atoms with Crippen LogP contribution < -0.4 is 15.4 Å². The van der Waals surface area contributed by atoms with E-state index in [2.05, 4.69) is 10.6 Å². The first kappa shape index (κ1) is 18.3. The summed E-state index contributed by atoms with van der Waals surface area (Å²) in [6, 6.07) is 3.50. The van der Waals surface area contributed by atoms with Gasteiger partial charge in [-0.25, -0.2) is 0 Å². The fourth-order valence-electron chi connectivity index (χ4n) is 2.28. The number of rotatable bonds is 6. The van der Waals surface area contributed by atoms with Crippen LogP contribution in [0.3, 0.4) is 0 Å². The Bertz CT molecular complexity index is 560. The van der Waals surface area contributed by atoms with Crippen molar-refractivity contribution in [3.05, 3.63) is 28.2 Å².